The fourth-order valence-electron chi connectivity index (χ4n) is 1.78. The molecule has 2 rings (SSSR count). The Morgan fingerprint density at radius 2 is 2.00 bits per heavy atom. The highest BCUT2D eigenvalue weighted by Gasteiger charge is 2.18. The molecule has 0 amide bonds. The summed E-state index contributed by atoms with van der Waals surface area (Å²) in [6, 6.07) is 8.68. The van der Waals surface area contributed by atoms with Crippen molar-refractivity contribution >= 4 is 38.6 Å². The molecule has 2 aromatic rings. The SMILES string of the molecule is CNCCc1ccc(S(=O)(=O)Nc2ccc(C)cc2Cl)s1. The van der Waals surface area contributed by atoms with E-state index >= 15 is 0 Å². The Hall–Kier alpha value is -1.08. The van der Waals surface area contributed by atoms with Crippen molar-refractivity contribution in [2.24, 2.45) is 0 Å². The van der Waals surface area contributed by atoms with Gasteiger partial charge in [0.05, 0.1) is 10.7 Å². The minimum Gasteiger partial charge on any atom is -0.319 e. The third-order valence-corrected chi connectivity index (χ3v) is 6.21. The topological polar surface area (TPSA) is 58.2 Å². The normalized spacial score (nSPS) is 11.6. The van der Waals surface area contributed by atoms with E-state index in [-0.39, 0.29) is 0 Å². The van der Waals surface area contributed by atoms with Crippen LogP contribution in [0.25, 0.3) is 0 Å². The molecule has 0 spiro atoms. The van der Waals surface area contributed by atoms with Crippen LogP contribution < -0.4 is 10.0 Å². The van der Waals surface area contributed by atoms with Crippen molar-refractivity contribution in [3.63, 3.8) is 0 Å². The van der Waals surface area contributed by atoms with Crippen molar-refractivity contribution in [3.05, 3.63) is 45.8 Å². The molecule has 2 N–H and O–H groups in total. The molecular weight excluding hydrogens is 328 g/mol. The zero-order chi connectivity index (χ0) is 15.5. The summed E-state index contributed by atoms with van der Waals surface area (Å²) in [7, 11) is -1.72. The van der Waals surface area contributed by atoms with Gasteiger partial charge < -0.3 is 5.32 Å². The molecule has 1 heterocycles. The summed E-state index contributed by atoms with van der Waals surface area (Å²) in [5.41, 5.74) is 1.38. The summed E-state index contributed by atoms with van der Waals surface area (Å²) >= 11 is 7.34. The molecule has 0 saturated carbocycles. The van der Waals surface area contributed by atoms with Crippen LogP contribution in [0.1, 0.15) is 10.4 Å². The van der Waals surface area contributed by atoms with E-state index in [9.17, 15) is 8.42 Å². The molecule has 114 valence electrons. The van der Waals surface area contributed by atoms with Gasteiger partial charge in [0.15, 0.2) is 0 Å². The predicted octanol–water partition coefficient (Wildman–Crippen LogP) is 3.27. The number of benzene rings is 1. The molecule has 0 saturated heterocycles. The zero-order valence-corrected chi connectivity index (χ0v) is 14.2. The molecule has 4 nitrogen and oxygen atoms in total. The lowest BCUT2D eigenvalue weighted by atomic mass is 10.2. The van der Waals surface area contributed by atoms with E-state index in [4.69, 9.17) is 11.6 Å². The molecule has 0 atom stereocenters. The Kier molecular flexibility index (Phi) is 5.27. The average Bonchev–Trinajstić information content (AvgIpc) is 2.89. The lowest BCUT2D eigenvalue weighted by Gasteiger charge is -2.08. The smallest absolute Gasteiger partial charge is 0.271 e. The largest absolute Gasteiger partial charge is 0.319 e. The first-order chi connectivity index (χ1) is 9.92. The van der Waals surface area contributed by atoms with Gasteiger partial charge in [0.25, 0.3) is 10.0 Å². The first kappa shape index (κ1) is 16.3. The van der Waals surface area contributed by atoms with Crippen LogP contribution in [0.4, 0.5) is 5.69 Å². The van der Waals surface area contributed by atoms with Crippen molar-refractivity contribution < 1.29 is 8.42 Å². The summed E-state index contributed by atoms with van der Waals surface area (Å²) < 4.78 is 27.5. The van der Waals surface area contributed by atoms with Crippen molar-refractivity contribution in [2.45, 2.75) is 17.6 Å². The number of likely N-dealkylation sites (N-methyl/N-ethyl adjacent to an activating group) is 1. The number of hydrogen-bond donors (Lipinski definition) is 2. The third kappa shape index (κ3) is 4.20. The number of thiophene rings is 1. The number of rotatable bonds is 6. The van der Waals surface area contributed by atoms with E-state index in [1.54, 1.807) is 18.2 Å². The first-order valence-electron chi connectivity index (χ1n) is 6.44. The van der Waals surface area contributed by atoms with Gasteiger partial charge in [-0.1, -0.05) is 17.7 Å². The van der Waals surface area contributed by atoms with Gasteiger partial charge >= 0.3 is 0 Å². The van der Waals surface area contributed by atoms with E-state index in [0.717, 1.165) is 23.4 Å². The molecule has 1 aromatic heterocycles. The molecule has 0 bridgehead atoms. The lowest BCUT2D eigenvalue weighted by molar-refractivity contribution is 0.603. The molecule has 1 aromatic carbocycles. The van der Waals surface area contributed by atoms with Gasteiger partial charge in [-0.05, 0) is 56.8 Å². The highest BCUT2D eigenvalue weighted by atomic mass is 35.5. The Balaban J connectivity index is 2.19. The second-order valence-electron chi connectivity index (χ2n) is 4.66. The lowest BCUT2D eigenvalue weighted by Crippen LogP contribution is -2.12. The standard InChI is InChI=1S/C14H17ClN2O2S2/c1-10-3-5-13(12(15)9-10)17-21(18,19)14-6-4-11(20-14)7-8-16-2/h3-6,9,16-17H,7-8H2,1-2H3. The van der Waals surface area contributed by atoms with Crippen molar-refractivity contribution in [3.8, 4) is 0 Å². The minimum absolute atomic E-state index is 0.297. The molecule has 0 aliphatic heterocycles. The van der Waals surface area contributed by atoms with Gasteiger partial charge in [-0.2, -0.15) is 0 Å². The summed E-state index contributed by atoms with van der Waals surface area (Å²) in [6.45, 7) is 2.72. The van der Waals surface area contributed by atoms with Gasteiger partial charge in [-0.3, -0.25) is 4.72 Å². The summed E-state index contributed by atoms with van der Waals surface area (Å²) in [5.74, 6) is 0. The summed E-state index contributed by atoms with van der Waals surface area (Å²) in [5, 5.41) is 3.43. The van der Waals surface area contributed by atoms with E-state index < -0.39 is 10.0 Å². The van der Waals surface area contributed by atoms with E-state index in [1.165, 1.54) is 11.3 Å². The number of hydrogen-bond acceptors (Lipinski definition) is 4. The fraction of sp³-hybridized carbons (Fsp3) is 0.286. The average molecular weight is 345 g/mol. The highest BCUT2D eigenvalue weighted by Crippen LogP contribution is 2.28. The van der Waals surface area contributed by atoms with Crippen LogP contribution >= 0.6 is 22.9 Å². The van der Waals surface area contributed by atoms with Crippen LogP contribution in [0.3, 0.4) is 0 Å². The summed E-state index contributed by atoms with van der Waals surface area (Å²) in [6.07, 6.45) is 0.808. The van der Waals surface area contributed by atoms with Gasteiger partial charge in [0.1, 0.15) is 4.21 Å². The third-order valence-electron chi connectivity index (χ3n) is 2.89. The first-order valence-corrected chi connectivity index (χ1v) is 9.12. The number of halogens is 1. The summed E-state index contributed by atoms with van der Waals surface area (Å²) in [4.78, 5) is 1.03. The van der Waals surface area contributed by atoms with Gasteiger partial charge in [-0.25, -0.2) is 8.42 Å². The molecule has 21 heavy (non-hydrogen) atoms. The molecule has 0 fully saturated rings. The highest BCUT2D eigenvalue weighted by molar-refractivity contribution is 7.94. The van der Waals surface area contributed by atoms with Crippen LogP contribution in [-0.4, -0.2) is 22.0 Å². The molecule has 0 aliphatic carbocycles. The monoisotopic (exact) mass is 344 g/mol. The zero-order valence-electron chi connectivity index (χ0n) is 11.8. The molecule has 0 radical (unpaired) electrons. The van der Waals surface area contributed by atoms with Crippen LogP contribution in [0.15, 0.2) is 34.5 Å². The van der Waals surface area contributed by atoms with Crippen LogP contribution in [0.2, 0.25) is 5.02 Å². The number of nitrogens with one attached hydrogen (secondary N) is 2. The number of anilines is 1. The number of sulfonamides is 1. The van der Waals surface area contributed by atoms with Crippen LogP contribution in [0, 0.1) is 6.92 Å². The van der Waals surface area contributed by atoms with Crippen molar-refractivity contribution in [2.75, 3.05) is 18.3 Å². The quantitative estimate of drug-likeness (QED) is 0.845. The van der Waals surface area contributed by atoms with Crippen molar-refractivity contribution in [1.29, 1.82) is 0 Å². The van der Waals surface area contributed by atoms with E-state index in [1.807, 2.05) is 26.1 Å². The van der Waals surface area contributed by atoms with Crippen LogP contribution in [0.5, 0.6) is 0 Å². The van der Waals surface area contributed by atoms with E-state index in [0.29, 0.717) is 14.9 Å². The maximum atomic E-state index is 12.4. The van der Waals surface area contributed by atoms with Gasteiger partial charge in [0, 0.05) is 4.88 Å². The minimum atomic E-state index is -3.59. The molecular formula is C14H17ClN2O2S2. The van der Waals surface area contributed by atoms with Crippen molar-refractivity contribution in [1.82, 2.24) is 5.32 Å². The van der Waals surface area contributed by atoms with Gasteiger partial charge in [-0.15, -0.1) is 11.3 Å². The number of aryl methyl sites for hydroxylation is 1. The second kappa shape index (κ2) is 6.79. The second-order valence-corrected chi connectivity index (χ2v) is 8.15. The maximum Gasteiger partial charge on any atom is 0.271 e. The Bertz CT molecular complexity index is 726. The van der Waals surface area contributed by atoms with Gasteiger partial charge in [0.2, 0.25) is 0 Å². The van der Waals surface area contributed by atoms with E-state index in [2.05, 4.69) is 10.0 Å². The Labute approximate surface area is 134 Å². The Morgan fingerprint density at radius 1 is 1.24 bits per heavy atom. The molecule has 7 heteroatoms. The fourth-order valence-corrected chi connectivity index (χ4v) is 4.56. The predicted molar refractivity (Wildman–Crippen MR) is 88.9 cm³/mol. The molecule has 0 aliphatic rings. The maximum absolute atomic E-state index is 12.4. The molecule has 0 unspecified atom stereocenters. The van der Waals surface area contributed by atoms with Crippen LogP contribution in [-0.2, 0) is 16.4 Å². The Morgan fingerprint density at radius 3 is 2.67 bits per heavy atom.